The van der Waals surface area contributed by atoms with E-state index < -0.39 is 0 Å². The summed E-state index contributed by atoms with van der Waals surface area (Å²) in [5.41, 5.74) is 9.43. The Bertz CT molecular complexity index is 369. The van der Waals surface area contributed by atoms with Crippen LogP contribution >= 0.6 is 0 Å². The molecule has 0 aliphatic heterocycles. The van der Waals surface area contributed by atoms with Gasteiger partial charge in [-0.15, -0.1) is 0 Å². The van der Waals surface area contributed by atoms with Gasteiger partial charge in [0.2, 0.25) is 0 Å². The number of phenols is 1. The summed E-state index contributed by atoms with van der Waals surface area (Å²) in [7, 11) is 0. The van der Waals surface area contributed by atoms with Crippen molar-refractivity contribution in [2.75, 3.05) is 0 Å². The lowest BCUT2D eigenvalue weighted by atomic mass is 9.87. The minimum atomic E-state index is 0.184. The molecule has 0 bridgehead atoms. The van der Waals surface area contributed by atoms with E-state index in [1.165, 1.54) is 18.4 Å². The quantitative estimate of drug-likeness (QED) is 0.778. The third-order valence-corrected chi connectivity index (χ3v) is 3.73. The molecule has 1 aromatic rings. The number of aromatic hydroxyl groups is 1. The molecule has 1 saturated carbocycles. The first-order chi connectivity index (χ1) is 6.97. The molecule has 0 heterocycles. The molecule has 82 valence electrons. The van der Waals surface area contributed by atoms with Gasteiger partial charge in [0.25, 0.3) is 0 Å². The second-order valence-electron chi connectivity index (χ2n) is 4.90. The van der Waals surface area contributed by atoms with E-state index in [1.54, 1.807) is 0 Å². The number of aryl methyl sites for hydroxylation is 2. The van der Waals surface area contributed by atoms with Crippen LogP contribution in [0.3, 0.4) is 0 Å². The molecule has 1 aliphatic carbocycles. The third-order valence-electron chi connectivity index (χ3n) is 3.73. The fraction of sp³-hybridized carbons (Fsp3) is 0.538. The van der Waals surface area contributed by atoms with Crippen LogP contribution in [0.15, 0.2) is 12.1 Å². The van der Waals surface area contributed by atoms with Gasteiger partial charge in [0.05, 0.1) is 0 Å². The molecule has 0 saturated heterocycles. The number of phenolic OH excluding ortho intramolecular Hbond substituents is 1. The number of hydrogen-bond acceptors (Lipinski definition) is 2. The third kappa shape index (κ3) is 1.53. The van der Waals surface area contributed by atoms with E-state index in [1.807, 2.05) is 13.8 Å². The van der Waals surface area contributed by atoms with Crippen LogP contribution in [0.4, 0.5) is 0 Å². The van der Waals surface area contributed by atoms with Crippen molar-refractivity contribution >= 4 is 0 Å². The highest BCUT2D eigenvalue weighted by Gasteiger charge is 2.47. The van der Waals surface area contributed by atoms with Crippen molar-refractivity contribution in [1.82, 2.24) is 0 Å². The highest BCUT2D eigenvalue weighted by atomic mass is 16.3. The summed E-state index contributed by atoms with van der Waals surface area (Å²) >= 11 is 0. The molecule has 3 N–H and O–H groups in total. The zero-order valence-electron chi connectivity index (χ0n) is 9.67. The van der Waals surface area contributed by atoms with Crippen molar-refractivity contribution in [3.8, 4) is 5.75 Å². The lowest BCUT2D eigenvalue weighted by molar-refractivity contribution is 0.465. The number of benzene rings is 1. The van der Waals surface area contributed by atoms with E-state index in [0.717, 1.165) is 11.1 Å². The van der Waals surface area contributed by atoms with E-state index in [9.17, 15) is 5.11 Å². The Morgan fingerprint density at radius 2 is 1.73 bits per heavy atom. The predicted octanol–water partition coefficient (Wildman–Crippen LogP) is 2.39. The zero-order chi connectivity index (χ0) is 11.2. The van der Waals surface area contributed by atoms with Crippen molar-refractivity contribution in [3.05, 3.63) is 28.8 Å². The molecule has 0 spiro atoms. The average Bonchev–Trinajstić information content (AvgIpc) is 2.93. The largest absolute Gasteiger partial charge is 0.507 e. The summed E-state index contributed by atoms with van der Waals surface area (Å²) in [6.45, 7) is 5.97. The SMILES string of the molecule is Cc1cc(C2(C(C)N)CC2)cc(C)c1O. The van der Waals surface area contributed by atoms with Crippen molar-refractivity contribution in [2.24, 2.45) is 5.73 Å². The second kappa shape index (κ2) is 3.24. The molecule has 1 aromatic carbocycles. The minimum Gasteiger partial charge on any atom is -0.507 e. The lowest BCUT2D eigenvalue weighted by Crippen LogP contribution is -2.31. The number of rotatable bonds is 2. The monoisotopic (exact) mass is 205 g/mol. The van der Waals surface area contributed by atoms with Crippen molar-refractivity contribution < 1.29 is 5.11 Å². The zero-order valence-corrected chi connectivity index (χ0v) is 9.67. The van der Waals surface area contributed by atoms with Crippen LogP contribution in [-0.2, 0) is 5.41 Å². The van der Waals surface area contributed by atoms with Crippen LogP contribution < -0.4 is 5.73 Å². The smallest absolute Gasteiger partial charge is 0.121 e. The van der Waals surface area contributed by atoms with Crippen molar-refractivity contribution in [1.29, 1.82) is 0 Å². The molecule has 0 amide bonds. The molecule has 2 nitrogen and oxygen atoms in total. The van der Waals surface area contributed by atoms with Gasteiger partial charge in [-0.05, 0) is 50.3 Å². The van der Waals surface area contributed by atoms with Gasteiger partial charge >= 0.3 is 0 Å². The maximum atomic E-state index is 9.72. The summed E-state index contributed by atoms with van der Waals surface area (Å²) in [4.78, 5) is 0. The molecule has 15 heavy (non-hydrogen) atoms. The van der Waals surface area contributed by atoms with Gasteiger partial charge in [-0.1, -0.05) is 12.1 Å². The van der Waals surface area contributed by atoms with E-state index in [0.29, 0.717) is 5.75 Å². The average molecular weight is 205 g/mol. The van der Waals surface area contributed by atoms with Gasteiger partial charge in [0.15, 0.2) is 0 Å². The van der Waals surface area contributed by atoms with Gasteiger partial charge < -0.3 is 10.8 Å². The molecule has 1 atom stereocenters. The molecular weight excluding hydrogens is 186 g/mol. The molecule has 0 aromatic heterocycles. The highest BCUT2D eigenvalue weighted by molar-refractivity contribution is 5.47. The Kier molecular flexibility index (Phi) is 2.27. The normalized spacial score (nSPS) is 20.0. The van der Waals surface area contributed by atoms with Crippen LogP contribution in [-0.4, -0.2) is 11.1 Å². The summed E-state index contributed by atoms with van der Waals surface area (Å²) < 4.78 is 0. The number of hydrogen-bond donors (Lipinski definition) is 2. The van der Waals surface area contributed by atoms with Gasteiger partial charge in [-0.2, -0.15) is 0 Å². The summed E-state index contributed by atoms with van der Waals surface area (Å²) in [5.74, 6) is 0.416. The first-order valence-electron chi connectivity index (χ1n) is 5.53. The lowest BCUT2D eigenvalue weighted by Gasteiger charge is -2.21. The van der Waals surface area contributed by atoms with E-state index in [4.69, 9.17) is 5.73 Å². The second-order valence-corrected chi connectivity index (χ2v) is 4.90. The molecule has 2 heteroatoms. The maximum absolute atomic E-state index is 9.72. The van der Waals surface area contributed by atoms with Crippen LogP contribution in [0, 0.1) is 13.8 Å². The Balaban J connectivity index is 2.47. The van der Waals surface area contributed by atoms with E-state index in [2.05, 4.69) is 19.1 Å². The van der Waals surface area contributed by atoms with E-state index in [-0.39, 0.29) is 11.5 Å². The summed E-state index contributed by atoms with van der Waals surface area (Å²) in [5, 5.41) is 9.72. The van der Waals surface area contributed by atoms with Gasteiger partial charge in [0.1, 0.15) is 5.75 Å². The van der Waals surface area contributed by atoms with Crippen LogP contribution in [0.1, 0.15) is 36.5 Å². The molecule has 2 rings (SSSR count). The molecule has 1 fully saturated rings. The fourth-order valence-electron chi connectivity index (χ4n) is 2.38. The van der Waals surface area contributed by atoms with E-state index >= 15 is 0 Å². The Labute approximate surface area is 91.1 Å². The molecule has 1 unspecified atom stereocenters. The van der Waals surface area contributed by atoms with Crippen molar-refractivity contribution in [3.63, 3.8) is 0 Å². The first-order valence-corrected chi connectivity index (χ1v) is 5.53. The van der Waals surface area contributed by atoms with Crippen molar-refractivity contribution in [2.45, 2.75) is 45.1 Å². The van der Waals surface area contributed by atoms with Gasteiger partial charge in [0, 0.05) is 11.5 Å². The Hall–Kier alpha value is -1.02. The first kappa shape index (κ1) is 10.5. The summed E-state index contributed by atoms with van der Waals surface area (Å²) in [6.07, 6.45) is 2.35. The predicted molar refractivity (Wildman–Crippen MR) is 62.1 cm³/mol. The fourth-order valence-corrected chi connectivity index (χ4v) is 2.38. The Morgan fingerprint density at radius 1 is 1.27 bits per heavy atom. The molecule has 1 aliphatic rings. The topological polar surface area (TPSA) is 46.2 Å². The maximum Gasteiger partial charge on any atom is 0.121 e. The van der Waals surface area contributed by atoms with Crippen LogP contribution in [0.5, 0.6) is 5.75 Å². The summed E-state index contributed by atoms with van der Waals surface area (Å²) in [6, 6.07) is 4.36. The standard InChI is InChI=1S/C13H19NO/c1-8-6-11(7-9(2)12(8)15)13(4-5-13)10(3)14/h6-7,10,15H,4-5,14H2,1-3H3. The van der Waals surface area contributed by atoms with Gasteiger partial charge in [-0.3, -0.25) is 0 Å². The highest BCUT2D eigenvalue weighted by Crippen LogP contribution is 2.51. The minimum absolute atomic E-state index is 0.184. The number of nitrogens with two attached hydrogens (primary N) is 1. The van der Waals surface area contributed by atoms with Crippen LogP contribution in [0.25, 0.3) is 0 Å². The molecule has 0 radical (unpaired) electrons. The van der Waals surface area contributed by atoms with Gasteiger partial charge in [-0.25, -0.2) is 0 Å². The molecular formula is C13H19NO. The van der Waals surface area contributed by atoms with Crippen LogP contribution in [0.2, 0.25) is 0 Å². The Morgan fingerprint density at radius 3 is 2.07 bits per heavy atom.